The van der Waals surface area contributed by atoms with Crippen molar-refractivity contribution >= 4 is 18.1 Å². The van der Waals surface area contributed by atoms with Gasteiger partial charge >= 0.3 is 0 Å². The highest BCUT2D eigenvalue weighted by Crippen LogP contribution is 2.14. The first kappa shape index (κ1) is 10.3. The van der Waals surface area contributed by atoms with Gasteiger partial charge in [0.05, 0.1) is 6.42 Å². The Hall–Kier alpha value is -1.83. The maximum atomic E-state index is 10.7. The molecule has 1 amide bonds. The van der Waals surface area contributed by atoms with Crippen molar-refractivity contribution in [2.24, 2.45) is 5.73 Å². The molecule has 1 aromatic carbocycles. The molecule has 0 saturated heterocycles. The Morgan fingerprint density at radius 1 is 1.29 bits per heavy atom. The van der Waals surface area contributed by atoms with Crippen LogP contribution in [0, 0.1) is 0 Å². The van der Waals surface area contributed by atoms with Gasteiger partial charge in [-0.1, -0.05) is 43.5 Å². The van der Waals surface area contributed by atoms with Gasteiger partial charge in [0.2, 0.25) is 5.91 Å². The van der Waals surface area contributed by atoms with Crippen LogP contribution in [0.3, 0.4) is 0 Å². The first-order chi connectivity index (χ1) is 6.67. The third-order valence-electron chi connectivity index (χ3n) is 1.97. The van der Waals surface area contributed by atoms with Crippen molar-refractivity contribution in [1.29, 1.82) is 0 Å². The van der Waals surface area contributed by atoms with E-state index in [-0.39, 0.29) is 12.3 Å². The molecule has 72 valence electrons. The van der Waals surface area contributed by atoms with Gasteiger partial charge in [-0.2, -0.15) is 0 Å². The standard InChI is InChI=1S/C12H13NO/c1-3-10-6-5-9(8-12(13)14)7-11(10)4-2/h3-7H,1-2,8H2,(H2,13,14). The van der Waals surface area contributed by atoms with Gasteiger partial charge in [-0.3, -0.25) is 4.79 Å². The van der Waals surface area contributed by atoms with E-state index >= 15 is 0 Å². The normalized spacial score (nSPS) is 9.43. The van der Waals surface area contributed by atoms with Crippen LogP contribution in [0.4, 0.5) is 0 Å². The van der Waals surface area contributed by atoms with Crippen molar-refractivity contribution in [3.05, 3.63) is 48.0 Å². The molecule has 2 heteroatoms. The molecule has 0 bridgehead atoms. The van der Waals surface area contributed by atoms with Gasteiger partial charge < -0.3 is 5.73 Å². The van der Waals surface area contributed by atoms with Crippen LogP contribution in [0.2, 0.25) is 0 Å². The smallest absolute Gasteiger partial charge is 0.221 e. The summed E-state index contributed by atoms with van der Waals surface area (Å²) in [4.78, 5) is 10.7. The number of carbonyl (C=O) groups is 1. The summed E-state index contributed by atoms with van der Waals surface area (Å²) in [7, 11) is 0. The Morgan fingerprint density at radius 2 is 1.93 bits per heavy atom. The van der Waals surface area contributed by atoms with Gasteiger partial charge in [-0.25, -0.2) is 0 Å². The SMILES string of the molecule is C=Cc1ccc(CC(N)=O)cc1C=C. The van der Waals surface area contributed by atoms with E-state index in [4.69, 9.17) is 5.73 Å². The highest BCUT2D eigenvalue weighted by Gasteiger charge is 2.01. The summed E-state index contributed by atoms with van der Waals surface area (Å²) >= 11 is 0. The van der Waals surface area contributed by atoms with Crippen molar-refractivity contribution in [3.8, 4) is 0 Å². The van der Waals surface area contributed by atoms with Crippen LogP contribution >= 0.6 is 0 Å². The number of hydrogen-bond donors (Lipinski definition) is 1. The summed E-state index contributed by atoms with van der Waals surface area (Å²) in [5.74, 6) is -0.327. The molecule has 0 aromatic heterocycles. The van der Waals surface area contributed by atoms with Gasteiger partial charge in [0, 0.05) is 0 Å². The van der Waals surface area contributed by atoms with E-state index < -0.39 is 0 Å². The Kier molecular flexibility index (Phi) is 3.24. The second kappa shape index (κ2) is 4.42. The summed E-state index contributed by atoms with van der Waals surface area (Å²) in [5.41, 5.74) is 7.98. The van der Waals surface area contributed by atoms with Crippen LogP contribution in [0.5, 0.6) is 0 Å². The minimum absolute atomic E-state index is 0.262. The number of hydrogen-bond acceptors (Lipinski definition) is 1. The minimum Gasteiger partial charge on any atom is -0.369 e. The average Bonchev–Trinajstić information content (AvgIpc) is 2.16. The van der Waals surface area contributed by atoms with E-state index in [1.807, 2.05) is 18.2 Å². The summed E-state index contributed by atoms with van der Waals surface area (Å²) in [6.07, 6.45) is 3.75. The molecule has 2 nitrogen and oxygen atoms in total. The van der Waals surface area contributed by atoms with E-state index in [9.17, 15) is 4.79 Å². The lowest BCUT2D eigenvalue weighted by Crippen LogP contribution is -2.13. The zero-order chi connectivity index (χ0) is 10.6. The lowest BCUT2D eigenvalue weighted by atomic mass is 10.0. The summed E-state index contributed by atoms with van der Waals surface area (Å²) in [5, 5.41) is 0. The fourth-order valence-electron chi connectivity index (χ4n) is 1.30. The second-order valence-electron chi connectivity index (χ2n) is 3.01. The van der Waals surface area contributed by atoms with Gasteiger partial charge in [-0.05, 0) is 16.7 Å². The molecule has 0 aliphatic carbocycles. The van der Waals surface area contributed by atoms with Crippen LogP contribution in [-0.2, 0) is 11.2 Å². The molecule has 0 fully saturated rings. The number of benzene rings is 1. The summed E-state index contributed by atoms with van der Waals surface area (Å²) in [6, 6.07) is 5.67. The highest BCUT2D eigenvalue weighted by atomic mass is 16.1. The molecule has 2 N–H and O–H groups in total. The van der Waals surface area contributed by atoms with Crippen molar-refractivity contribution < 1.29 is 4.79 Å². The molecule has 14 heavy (non-hydrogen) atoms. The Balaban J connectivity index is 3.07. The van der Waals surface area contributed by atoms with Gasteiger partial charge in [0.15, 0.2) is 0 Å². The third-order valence-corrected chi connectivity index (χ3v) is 1.97. The quantitative estimate of drug-likeness (QED) is 0.769. The molecule has 0 radical (unpaired) electrons. The molecular weight excluding hydrogens is 174 g/mol. The van der Waals surface area contributed by atoms with E-state index in [0.717, 1.165) is 16.7 Å². The molecular formula is C12H13NO. The number of rotatable bonds is 4. The van der Waals surface area contributed by atoms with Crippen LogP contribution in [0.25, 0.3) is 12.2 Å². The fraction of sp³-hybridized carbons (Fsp3) is 0.0833. The molecule has 0 saturated carbocycles. The summed E-state index contributed by atoms with van der Waals surface area (Å²) in [6.45, 7) is 7.39. The largest absolute Gasteiger partial charge is 0.369 e. The average molecular weight is 187 g/mol. The molecule has 0 spiro atoms. The highest BCUT2D eigenvalue weighted by molar-refractivity contribution is 5.77. The number of carbonyl (C=O) groups excluding carboxylic acids is 1. The summed E-state index contributed by atoms with van der Waals surface area (Å²) < 4.78 is 0. The molecule has 0 aliphatic heterocycles. The maximum Gasteiger partial charge on any atom is 0.221 e. The van der Waals surface area contributed by atoms with Crippen LogP contribution in [0.15, 0.2) is 31.4 Å². The maximum absolute atomic E-state index is 10.7. The topological polar surface area (TPSA) is 43.1 Å². The predicted octanol–water partition coefficient (Wildman–Crippen LogP) is 2.00. The fourth-order valence-corrected chi connectivity index (χ4v) is 1.30. The van der Waals surface area contributed by atoms with Gasteiger partial charge in [0.25, 0.3) is 0 Å². The monoisotopic (exact) mass is 187 g/mol. The van der Waals surface area contributed by atoms with Crippen LogP contribution in [0.1, 0.15) is 16.7 Å². The van der Waals surface area contributed by atoms with E-state index in [2.05, 4.69) is 13.2 Å². The van der Waals surface area contributed by atoms with E-state index in [1.54, 1.807) is 12.2 Å². The Labute approximate surface area is 83.7 Å². The molecule has 0 unspecified atom stereocenters. The van der Waals surface area contributed by atoms with E-state index in [1.165, 1.54) is 0 Å². The van der Waals surface area contributed by atoms with Crippen molar-refractivity contribution in [2.45, 2.75) is 6.42 Å². The first-order valence-corrected chi connectivity index (χ1v) is 4.33. The third kappa shape index (κ3) is 2.33. The van der Waals surface area contributed by atoms with E-state index in [0.29, 0.717) is 0 Å². The Morgan fingerprint density at radius 3 is 2.43 bits per heavy atom. The van der Waals surface area contributed by atoms with Crippen LogP contribution in [-0.4, -0.2) is 5.91 Å². The van der Waals surface area contributed by atoms with Crippen molar-refractivity contribution in [2.75, 3.05) is 0 Å². The first-order valence-electron chi connectivity index (χ1n) is 4.33. The molecule has 0 heterocycles. The lowest BCUT2D eigenvalue weighted by Gasteiger charge is -2.03. The van der Waals surface area contributed by atoms with Gasteiger partial charge in [-0.15, -0.1) is 0 Å². The molecule has 0 aliphatic rings. The zero-order valence-corrected chi connectivity index (χ0v) is 7.99. The number of nitrogens with two attached hydrogens (primary N) is 1. The molecule has 1 rings (SSSR count). The van der Waals surface area contributed by atoms with Crippen molar-refractivity contribution in [1.82, 2.24) is 0 Å². The van der Waals surface area contributed by atoms with Crippen molar-refractivity contribution in [3.63, 3.8) is 0 Å². The van der Waals surface area contributed by atoms with Gasteiger partial charge in [0.1, 0.15) is 0 Å². The molecule has 0 atom stereocenters. The second-order valence-corrected chi connectivity index (χ2v) is 3.01. The van der Waals surface area contributed by atoms with Crippen LogP contribution < -0.4 is 5.73 Å². The zero-order valence-electron chi connectivity index (χ0n) is 7.99. The molecule has 1 aromatic rings. The Bertz CT molecular complexity index is 380. The number of amides is 1. The minimum atomic E-state index is -0.327. The number of primary amides is 1. The lowest BCUT2D eigenvalue weighted by molar-refractivity contribution is -0.117. The predicted molar refractivity (Wildman–Crippen MR) is 59.5 cm³/mol.